The first-order chi connectivity index (χ1) is 14.3. The number of benzene rings is 2. The second-order valence-electron chi connectivity index (χ2n) is 6.64. The molecule has 6 nitrogen and oxygen atoms in total. The molecule has 0 fully saturated rings. The van der Waals surface area contributed by atoms with E-state index in [2.05, 4.69) is 73.7 Å². The molecule has 0 aliphatic heterocycles. The van der Waals surface area contributed by atoms with E-state index >= 15 is 0 Å². The molecule has 3 aromatic rings. The van der Waals surface area contributed by atoms with Gasteiger partial charge in [0.05, 0.1) is 12.9 Å². The quantitative estimate of drug-likeness (QED) is 0.195. The number of hydrogen-bond donors (Lipinski definition) is 2. The van der Waals surface area contributed by atoms with E-state index in [0.717, 1.165) is 25.7 Å². The fourth-order valence-corrected chi connectivity index (χ4v) is 3.12. The van der Waals surface area contributed by atoms with Crippen LogP contribution in [0.15, 0.2) is 72.2 Å². The third kappa shape index (κ3) is 7.14. The maximum Gasteiger partial charge on any atom is 0.191 e. The molecule has 7 heteroatoms. The van der Waals surface area contributed by atoms with Gasteiger partial charge in [0, 0.05) is 45.7 Å². The maximum atomic E-state index is 5.36. The van der Waals surface area contributed by atoms with Gasteiger partial charge in [0.1, 0.15) is 0 Å². The standard InChI is InChI=1S/C23H29N5O.HI/c1-3-29-15-13-26-23(24-2)27-16-21-6-4-5-7-22(21)20-10-8-19(9-11-20)17-28-14-12-25-18-28;/h4-12,14,18H,3,13,15-17H2,1-2H3,(H2,24,26,27);1H. The van der Waals surface area contributed by atoms with Gasteiger partial charge in [-0.1, -0.05) is 48.5 Å². The normalized spacial score (nSPS) is 11.1. The van der Waals surface area contributed by atoms with Crippen LogP contribution < -0.4 is 10.6 Å². The zero-order chi connectivity index (χ0) is 20.3. The molecule has 0 unspecified atom stereocenters. The molecule has 0 aliphatic carbocycles. The van der Waals surface area contributed by atoms with Crippen LogP contribution >= 0.6 is 24.0 Å². The Kier molecular flexibility index (Phi) is 10.4. The first kappa shape index (κ1) is 23.9. The van der Waals surface area contributed by atoms with Crippen molar-refractivity contribution in [1.29, 1.82) is 0 Å². The molecule has 2 N–H and O–H groups in total. The van der Waals surface area contributed by atoms with Crippen LogP contribution in [-0.2, 0) is 17.8 Å². The summed E-state index contributed by atoms with van der Waals surface area (Å²) >= 11 is 0. The van der Waals surface area contributed by atoms with Gasteiger partial charge in [-0.2, -0.15) is 0 Å². The van der Waals surface area contributed by atoms with Crippen molar-refractivity contribution in [2.75, 3.05) is 26.8 Å². The molecule has 2 aromatic carbocycles. The van der Waals surface area contributed by atoms with E-state index in [9.17, 15) is 0 Å². The summed E-state index contributed by atoms with van der Waals surface area (Å²) in [5, 5.41) is 6.66. The van der Waals surface area contributed by atoms with Crippen molar-refractivity contribution in [3.63, 3.8) is 0 Å². The summed E-state index contributed by atoms with van der Waals surface area (Å²) in [6.45, 7) is 5.64. The number of hydrogen-bond acceptors (Lipinski definition) is 3. The minimum atomic E-state index is 0. The van der Waals surface area contributed by atoms with Crippen molar-refractivity contribution in [3.05, 3.63) is 78.4 Å². The number of guanidine groups is 1. The van der Waals surface area contributed by atoms with E-state index in [4.69, 9.17) is 4.74 Å². The van der Waals surface area contributed by atoms with Gasteiger partial charge in [-0.25, -0.2) is 4.98 Å². The highest BCUT2D eigenvalue weighted by molar-refractivity contribution is 14.0. The topological polar surface area (TPSA) is 63.5 Å². The van der Waals surface area contributed by atoms with Crippen LogP contribution in [0.4, 0.5) is 0 Å². The maximum absolute atomic E-state index is 5.36. The van der Waals surface area contributed by atoms with Crippen molar-refractivity contribution in [1.82, 2.24) is 20.2 Å². The predicted octanol–water partition coefficient (Wildman–Crippen LogP) is 3.92. The molecular formula is C23H30IN5O. The highest BCUT2D eigenvalue weighted by Gasteiger charge is 2.06. The first-order valence-corrected chi connectivity index (χ1v) is 9.95. The third-order valence-corrected chi connectivity index (χ3v) is 4.62. The molecule has 160 valence electrons. The lowest BCUT2D eigenvalue weighted by Gasteiger charge is -2.15. The van der Waals surface area contributed by atoms with Crippen molar-refractivity contribution in [3.8, 4) is 11.1 Å². The van der Waals surface area contributed by atoms with Crippen LogP contribution in [0.25, 0.3) is 11.1 Å². The minimum absolute atomic E-state index is 0. The van der Waals surface area contributed by atoms with Crippen LogP contribution in [0.3, 0.4) is 0 Å². The summed E-state index contributed by atoms with van der Waals surface area (Å²) in [6, 6.07) is 17.2. The number of imidazole rings is 1. The Balaban J connectivity index is 0.00000320. The SMILES string of the molecule is CCOCCNC(=NC)NCc1ccccc1-c1ccc(Cn2ccnc2)cc1.I. The molecule has 1 heterocycles. The Morgan fingerprint density at radius 1 is 1.10 bits per heavy atom. The largest absolute Gasteiger partial charge is 0.380 e. The van der Waals surface area contributed by atoms with Crippen molar-refractivity contribution in [2.45, 2.75) is 20.0 Å². The summed E-state index contributed by atoms with van der Waals surface area (Å²) in [4.78, 5) is 8.38. The summed E-state index contributed by atoms with van der Waals surface area (Å²) < 4.78 is 7.43. The number of rotatable bonds is 9. The highest BCUT2D eigenvalue weighted by atomic mass is 127. The molecule has 0 saturated heterocycles. The van der Waals surface area contributed by atoms with Crippen LogP contribution in [0, 0.1) is 0 Å². The lowest BCUT2D eigenvalue weighted by molar-refractivity contribution is 0.152. The second kappa shape index (κ2) is 13.0. The highest BCUT2D eigenvalue weighted by Crippen LogP contribution is 2.24. The Bertz CT molecular complexity index is 894. The number of ether oxygens (including phenoxy) is 1. The van der Waals surface area contributed by atoms with Gasteiger partial charge >= 0.3 is 0 Å². The molecule has 3 rings (SSSR count). The molecule has 0 aliphatic rings. The van der Waals surface area contributed by atoms with Crippen LogP contribution in [-0.4, -0.2) is 42.3 Å². The molecule has 0 spiro atoms. The summed E-state index contributed by atoms with van der Waals surface area (Å²) in [7, 11) is 1.78. The lowest BCUT2D eigenvalue weighted by Crippen LogP contribution is -2.38. The van der Waals surface area contributed by atoms with Gasteiger partial charge in [-0.3, -0.25) is 4.99 Å². The number of nitrogens with zero attached hydrogens (tertiary/aromatic N) is 3. The van der Waals surface area contributed by atoms with E-state index in [1.807, 2.05) is 19.4 Å². The molecular weight excluding hydrogens is 489 g/mol. The summed E-state index contributed by atoms with van der Waals surface area (Å²) in [5.41, 5.74) is 4.90. The number of aliphatic imine (C=N–C) groups is 1. The van der Waals surface area contributed by atoms with Crippen LogP contribution in [0.1, 0.15) is 18.1 Å². The number of halogens is 1. The fourth-order valence-electron chi connectivity index (χ4n) is 3.12. The van der Waals surface area contributed by atoms with Gasteiger partial charge in [0.25, 0.3) is 0 Å². The van der Waals surface area contributed by atoms with Crippen molar-refractivity contribution >= 4 is 29.9 Å². The molecule has 0 amide bonds. The minimum Gasteiger partial charge on any atom is -0.380 e. The lowest BCUT2D eigenvalue weighted by atomic mass is 9.98. The first-order valence-electron chi connectivity index (χ1n) is 9.95. The monoisotopic (exact) mass is 519 g/mol. The molecule has 0 atom stereocenters. The van der Waals surface area contributed by atoms with E-state index in [-0.39, 0.29) is 24.0 Å². The van der Waals surface area contributed by atoms with E-state index in [1.165, 1.54) is 22.3 Å². The number of aromatic nitrogens is 2. The van der Waals surface area contributed by atoms with Gasteiger partial charge in [-0.15, -0.1) is 24.0 Å². The second-order valence-corrected chi connectivity index (χ2v) is 6.64. The molecule has 1 aromatic heterocycles. The van der Waals surface area contributed by atoms with Crippen LogP contribution in [0.5, 0.6) is 0 Å². The van der Waals surface area contributed by atoms with Gasteiger partial charge in [0.2, 0.25) is 0 Å². The zero-order valence-corrected chi connectivity index (χ0v) is 19.9. The molecule has 30 heavy (non-hydrogen) atoms. The third-order valence-electron chi connectivity index (χ3n) is 4.62. The molecule has 0 saturated carbocycles. The summed E-state index contributed by atoms with van der Waals surface area (Å²) in [5.74, 6) is 0.773. The number of nitrogens with one attached hydrogen (secondary N) is 2. The van der Waals surface area contributed by atoms with Crippen molar-refractivity contribution in [2.24, 2.45) is 4.99 Å². The van der Waals surface area contributed by atoms with Gasteiger partial charge in [0.15, 0.2) is 5.96 Å². The van der Waals surface area contributed by atoms with E-state index < -0.39 is 0 Å². The van der Waals surface area contributed by atoms with E-state index in [0.29, 0.717) is 13.2 Å². The van der Waals surface area contributed by atoms with E-state index in [1.54, 1.807) is 13.2 Å². The summed E-state index contributed by atoms with van der Waals surface area (Å²) in [6.07, 6.45) is 5.62. The smallest absolute Gasteiger partial charge is 0.191 e. The fraction of sp³-hybridized carbons (Fsp3) is 0.304. The Labute approximate surface area is 195 Å². The average Bonchev–Trinajstić information content (AvgIpc) is 3.27. The van der Waals surface area contributed by atoms with Crippen molar-refractivity contribution < 1.29 is 4.74 Å². The van der Waals surface area contributed by atoms with Crippen LogP contribution in [0.2, 0.25) is 0 Å². The van der Waals surface area contributed by atoms with Gasteiger partial charge in [-0.05, 0) is 29.2 Å². The Morgan fingerprint density at radius 3 is 2.60 bits per heavy atom. The zero-order valence-electron chi connectivity index (χ0n) is 17.5. The Morgan fingerprint density at radius 2 is 1.90 bits per heavy atom. The predicted molar refractivity (Wildman–Crippen MR) is 133 cm³/mol. The Hall–Kier alpha value is -2.39. The molecule has 0 radical (unpaired) electrons. The van der Waals surface area contributed by atoms with Gasteiger partial charge < -0.3 is 19.9 Å². The average molecular weight is 519 g/mol. The molecule has 0 bridgehead atoms.